The fourth-order valence-corrected chi connectivity index (χ4v) is 3.70. The number of esters is 1. The van der Waals surface area contributed by atoms with Crippen LogP contribution in [0.15, 0.2) is 17.0 Å². The molecule has 152 valence electrons. The minimum Gasteiger partial charge on any atom is -0.490 e. The third-order valence-corrected chi connectivity index (χ3v) is 4.90. The van der Waals surface area contributed by atoms with Gasteiger partial charge in [0.05, 0.1) is 29.7 Å². The average molecular weight is 428 g/mol. The second-order valence-corrected chi connectivity index (χ2v) is 7.58. The van der Waals surface area contributed by atoms with E-state index < -0.39 is 23.2 Å². The lowest BCUT2D eigenvalue weighted by Gasteiger charge is -2.18. The molecule has 0 unspecified atom stereocenters. The number of hydrogen-bond donors (Lipinski definition) is 0. The summed E-state index contributed by atoms with van der Waals surface area (Å²) >= 11 is 7.09. The Morgan fingerprint density at radius 3 is 2.54 bits per heavy atom. The van der Waals surface area contributed by atoms with Gasteiger partial charge in [0.1, 0.15) is 6.04 Å². The third-order valence-electron chi connectivity index (χ3n) is 3.74. The van der Waals surface area contributed by atoms with Crippen LogP contribution in [0.2, 0.25) is 5.02 Å². The number of imide groups is 1. The summed E-state index contributed by atoms with van der Waals surface area (Å²) in [7, 11) is 1.20. The first kappa shape index (κ1) is 22.1. The van der Waals surface area contributed by atoms with Crippen LogP contribution < -0.4 is 9.47 Å². The highest BCUT2D eigenvalue weighted by Crippen LogP contribution is 2.40. The molecule has 1 aromatic rings. The number of methoxy groups -OCH3 is 1. The SMILES string of the molecule is CCOc1cc(/C=C2\SC(=O)N([C@@H](C)C(=O)OC)C2=O)cc(Cl)c1OC(C)C. The predicted molar refractivity (Wildman–Crippen MR) is 108 cm³/mol. The van der Waals surface area contributed by atoms with E-state index in [4.69, 9.17) is 21.1 Å². The van der Waals surface area contributed by atoms with E-state index in [2.05, 4.69) is 4.74 Å². The molecule has 1 fully saturated rings. The number of hydrogen-bond acceptors (Lipinski definition) is 7. The highest BCUT2D eigenvalue weighted by molar-refractivity contribution is 8.18. The molecule has 0 saturated carbocycles. The molecule has 1 atom stereocenters. The first-order valence-corrected chi connectivity index (χ1v) is 9.86. The van der Waals surface area contributed by atoms with Crippen LogP contribution in [-0.4, -0.2) is 47.9 Å². The van der Waals surface area contributed by atoms with Gasteiger partial charge in [-0.1, -0.05) is 11.6 Å². The normalized spacial score (nSPS) is 16.7. The van der Waals surface area contributed by atoms with Gasteiger partial charge in [0.2, 0.25) is 0 Å². The molecule has 1 saturated heterocycles. The van der Waals surface area contributed by atoms with Crippen LogP contribution in [-0.2, 0) is 14.3 Å². The first-order chi connectivity index (χ1) is 13.2. The molecule has 2 amide bonds. The van der Waals surface area contributed by atoms with Crippen LogP contribution in [0.4, 0.5) is 4.79 Å². The number of halogens is 1. The van der Waals surface area contributed by atoms with E-state index in [0.717, 1.165) is 16.7 Å². The van der Waals surface area contributed by atoms with E-state index in [1.165, 1.54) is 20.1 Å². The molecule has 9 heteroatoms. The largest absolute Gasteiger partial charge is 0.490 e. The minimum atomic E-state index is -1.01. The highest BCUT2D eigenvalue weighted by Gasteiger charge is 2.41. The van der Waals surface area contributed by atoms with E-state index in [-0.39, 0.29) is 11.0 Å². The Labute approximate surface area is 172 Å². The first-order valence-electron chi connectivity index (χ1n) is 8.67. The number of thioether (sulfide) groups is 1. The van der Waals surface area contributed by atoms with E-state index >= 15 is 0 Å². The van der Waals surface area contributed by atoms with Crippen molar-refractivity contribution < 1.29 is 28.6 Å². The highest BCUT2D eigenvalue weighted by atomic mass is 35.5. The standard InChI is InChI=1S/C19H22ClNO6S/c1-6-26-14-8-12(7-13(20)16(14)27-10(2)3)9-15-17(22)21(19(24)28-15)11(4)18(23)25-5/h7-11H,6H2,1-5H3/b15-9-/t11-/m0/s1. The van der Waals surface area contributed by atoms with Crippen molar-refractivity contribution in [3.05, 3.63) is 27.6 Å². The van der Waals surface area contributed by atoms with Gasteiger partial charge in [0.15, 0.2) is 11.5 Å². The van der Waals surface area contributed by atoms with Gasteiger partial charge in [-0.3, -0.25) is 14.5 Å². The van der Waals surface area contributed by atoms with Crippen molar-refractivity contribution >= 4 is 46.6 Å². The van der Waals surface area contributed by atoms with Crippen LogP contribution in [0.1, 0.15) is 33.3 Å². The Kier molecular flexibility index (Phi) is 7.37. The van der Waals surface area contributed by atoms with Gasteiger partial charge in [-0.05, 0) is 63.2 Å². The maximum atomic E-state index is 12.6. The summed E-state index contributed by atoms with van der Waals surface area (Å²) in [5.41, 5.74) is 0.570. The molecular formula is C19H22ClNO6S. The van der Waals surface area contributed by atoms with E-state index in [9.17, 15) is 14.4 Å². The summed E-state index contributed by atoms with van der Waals surface area (Å²) in [6.07, 6.45) is 1.43. The number of benzene rings is 1. The van der Waals surface area contributed by atoms with E-state index in [1.54, 1.807) is 12.1 Å². The molecule has 2 rings (SSSR count). The molecule has 1 heterocycles. The molecule has 0 N–H and O–H groups in total. The van der Waals surface area contributed by atoms with Crippen molar-refractivity contribution in [3.63, 3.8) is 0 Å². The summed E-state index contributed by atoms with van der Waals surface area (Å²) in [5.74, 6) is -0.370. The van der Waals surface area contributed by atoms with Crippen LogP contribution in [0.5, 0.6) is 11.5 Å². The van der Waals surface area contributed by atoms with Gasteiger partial charge < -0.3 is 14.2 Å². The maximum absolute atomic E-state index is 12.6. The predicted octanol–water partition coefficient (Wildman–Crippen LogP) is 4.12. The molecule has 28 heavy (non-hydrogen) atoms. The number of carbonyl (C=O) groups is 3. The van der Waals surface area contributed by atoms with Gasteiger partial charge in [0.25, 0.3) is 11.1 Å². The second-order valence-electron chi connectivity index (χ2n) is 6.18. The Balaban J connectivity index is 2.38. The topological polar surface area (TPSA) is 82.1 Å². The Morgan fingerprint density at radius 2 is 1.96 bits per heavy atom. The summed E-state index contributed by atoms with van der Waals surface area (Å²) in [5, 5.41) is -0.210. The number of carbonyl (C=O) groups excluding carboxylic acids is 3. The van der Waals surface area contributed by atoms with Crippen molar-refractivity contribution in [2.45, 2.75) is 39.8 Å². The Hall–Kier alpha value is -2.19. The zero-order valence-electron chi connectivity index (χ0n) is 16.3. The molecule has 0 radical (unpaired) electrons. The van der Waals surface area contributed by atoms with Crippen LogP contribution >= 0.6 is 23.4 Å². The molecule has 0 aromatic heterocycles. The average Bonchev–Trinajstić information content (AvgIpc) is 2.90. The van der Waals surface area contributed by atoms with Gasteiger partial charge in [-0.2, -0.15) is 0 Å². The fourth-order valence-electron chi connectivity index (χ4n) is 2.53. The number of nitrogens with zero attached hydrogens (tertiary/aromatic N) is 1. The molecule has 7 nitrogen and oxygen atoms in total. The van der Waals surface area contributed by atoms with Gasteiger partial charge in [-0.15, -0.1) is 0 Å². The number of rotatable bonds is 7. The Bertz CT molecular complexity index is 823. The van der Waals surface area contributed by atoms with Gasteiger partial charge in [-0.25, -0.2) is 4.79 Å². The zero-order valence-corrected chi connectivity index (χ0v) is 17.8. The maximum Gasteiger partial charge on any atom is 0.328 e. The van der Waals surface area contributed by atoms with Crippen molar-refractivity contribution in [1.82, 2.24) is 4.90 Å². The van der Waals surface area contributed by atoms with Crippen LogP contribution in [0.25, 0.3) is 6.08 Å². The molecular weight excluding hydrogens is 406 g/mol. The molecule has 0 aliphatic carbocycles. The van der Waals surface area contributed by atoms with Crippen LogP contribution in [0, 0.1) is 0 Å². The zero-order chi connectivity index (χ0) is 21.0. The van der Waals surface area contributed by atoms with Gasteiger partial charge >= 0.3 is 5.97 Å². The molecule has 1 aliphatic heterocycles. The summed E-state index contributed by atoms with van der Waals surface area (Å²) < 4.78 is 15.9. The van der Waals surface area contributed by atoms with Crippen molar-refractivity contribution in [1.29, 1.82) is 0 Å². The molecule has 1 aromatic carbocycles. The monoisotopic (exact) mass is 427 g/mol. The summed E-state index contributed by atoms with van der Waals surface area (Å²) in [6, 6.07) is 2.30. The summed E-state index contributed by atoms with van der Waals surface area (Å²) in [6.45, 7) is 7.42. The van der Waals surface area contributed by atoms with Crippen LogP contribution in [0.3, 0.4) is 0 Å². The molecule has 1 aliphatic rings. The van der Waals surface area contributed by atoms with Gasteiger partial charge in [0, 0.05) is 0 Å². The number of amides is 2. The van der Waals surface area contributed by atoms with Crippen molar-refractivity contribution in [2.24, 2.45) is 0 Å². The lowest BCUT2D eigenvalue weighted by Crippen LogP contribution is -2.42. The van der Waals surface area contributed by atoms with Crippen molar-refractivity contribution in [2.75, 3.05) is 13.7 Å². The fraction of sp³-hybridized carbons (Fsp3) is 0.421. The van der Waals surface area contributed by atoms with Crippen molar-refractivity contribution in [3.8, 4) is 11.5 Å². The van der Waals surface area contributed by atoms with E-state index in [1.807, 2.05) is 20.8 Å². The molecule has 0 spiro atoms. The lowest BCUT2D eigenvalue weighted by atomic mass is 10.1. The minimum absolute atomic E-state index is 0.0983. The summed E-state index contributed by atoms with van der Waals surface area (Å²) in [4.78, 5) is 37.6. The van der Waals surface area contributed by atoms with E-state index in [0.29, 0.717) is 28.7 Å². The second kappa shape index (κ2) is 9.34. The quantitative estimate of drug-likeness (QED) is 0.478. The molecule has 0 bridgehead atoms. The lowest BCUT2D eigenvalue weighted by molar-refractivity contribution is -0.148. The third kappa shape index (κ3) is 4.80. The smallest absolute Gasteiger partial charge is 0.328 e. The number of ether oxygens (including phenoxy) is 3. The Morgan fingerprint density at radius 1 is 1.29 bits per heavy atom.